The van der Waals surface area contributed by atoms with Crippen LogP contribution >= 0.6 is 0 Å². The Labute approximate surface area is 95.3 Å². The molecule has 0 aliphatic rings. The van der Waals surface area contributed by atoms with Crippen molar-refractivity contribution in [3.05, 3.63) is 0 Å². The van der Waals surface area contributed by atoms with Crippen LogP contribution in [0.25, 0.3) is 0 Å². The van der Waals surface area contributed by atoms with Crippen LogP contribution in [0.1, 0.15) is 59.8 Å². The van der Waals surface area contributed by atoms with Gasteiger partial charge in [-0.15, -0.1) is 0 Å². The molecule has 0 aliphatic heterocycles. The summed E-state index contributed by atoms with van der Waals surface area (Å²) < 4.78 is 11.4. The van der Waals surface area contributed by atoms with Crippen LogP contribution in [0.5, 0.6) is 0 Å². The largest absolute Gasteiger partial charge is 0.382 e. The van der Waals surface area contributed by atoms with Gasteiger partial charge in [-0.2, -0.15) is 0 Å². The summed E-state index contributed by atoms with van der Waals surface area (Å²) in [4.78, 5) is 0. The lowest BCUT2D eigenvalue weighted by molar-refractivity contribution is -0.0722. The summed E-state index contributed by atoms with van der Waals surface area (Å²) in [6.07, 6.45) is 5.72. The lowest BCUT2D eigenvalue weighted by Gasteiger charge is -2.33. The van der Waals surface area contributed by atoms with E-state index in [9.17, 15) is 0 Å². The molecular weight excluding hydrogens is 188 g/mol. The van der Waals surface area contributed by atoms with E-state index in [1.165, 1.54) is 12.8 Å². The summed E-state index contributed by atoms with van der Waals surface area (Å²) in [5, 5.41) is 0. The molecule has 0 aromatic heterocycles. The normalized spacial score (nSPS) is 12.0. The predicted molar refractivity (Wildman–Crippen MR) is 65.3 cm³/mol. The van der Waals surface area contributed by atoms with E-state index < -0.39 is 0 Å². The monoisotopic (exact) mass is 216 g/mol. The van der Waals surface area contributed by atoms with E-state index in [1.54, 1.807) is 0 Å². The molecule has 0 aromatic carbocycles. The second-order valence-corrected chi connectivity index (χ2v) is 4.06. The van der Waals surface area contributed by atoms with E-state index in [0.717, 1.165) is 39.1 Å². The molecule has 0 spiro atoms. The average molecular weight is 216 g/mol. The molecule has 2 heteroatoms. The smallest absolute Gasteiger partial charge is 0.0704 e. The van der Waals surface area contributed by atoms with Crippen LogP contribution < -0.4 is 0 Å². The first-order valence-corrected chi connectivity index (χ1v) is 6.46. The fourth-order valence-electron chi connectivity index (χ4n) is 2.21. The number of hydrogen-bond donors (Lipinski definition) is 0. The summed E-state index contributed by atoms with van der Waals surface area (Å²) >= 11 is 0. The molecule has 0 saturated heterocycles. The van der Waals surface area contributed by atoms with Gasteiger partial charge in [0.05, 0.1) is 5.60 Å². The molecule has 0 radical (unpaired) electrons. The molecule has 0 bridgehead atoms. The summed E-state index contributed by atoms with van der Waals surface area (Å²) in [6, 6.07) is 0. The van der Waals surface area contributed by atoms with Gasteiger partial charge in [-0.3, -0.25) is 0 Å². The zero-order valence-electron chi connectivity index (χ0n) is 11.0. The number of ether oxygens (including phenoxy) is 2. The van der Waals surface area contributed by atoms with Crippen LogP contribution in [0, 0.1) is 0 Å². The number of hydrogen-bond acceptors (Lipinski definition) is 2. The Morgan fingerprint density at radius 2 is 1.40 bits per heavy atom. The maximum Gasteiger partial charge on any atom is 0.0704 e. The highest BCUT2D eigenvalue weighted by atomic mass is 16.5. The first kappa shape index (κ1) is 14.9. The Kier molecular flexibility index (Phi) is 9.12. The molecule has 0 unspecified atom stereocenters. The average Bonchev–Trinajstić information content (AvgIpc) is 2.19. The molecule has 0 aromatic rings. The van der Waals surface area contributed by atoms with Crippen molar-refractivity contribution in [3.63, 3.8) is 0 Å². The molecule has 0 atom stereocenters. The topological polar surface area (TPSA) is 18.5 Å². The Morgan fingerprint density at radius 1 is 0.800 bits per heavy atom. The molecule has 15 heavy (non-hydrogen) atoms. The molecule has 0 saturated carbocycles. The zero-order chi connectivity index (χ0) is 11.6. The summed E-state index contributed by atoms with van der Waals surface area (Å²) in [5.74, 6) is 0. The van der Waals surface area contributed by atoms with Crippen molar-refractivity contribution in [3.8, 4) is 0 Å². The lowest BCUT2D eigenvalue weighted by Crippen LogP contribution is -2.34. The molecule has 0 fully saturated rings. The fourth-order valence-corrected chi connectivity index (χ4v) is 2.21. The van der Waals surface area contributed by atoms with E-state index >= 15 is 0 Å². The van der Waals surface area contributed by atoms with Gasteiger partial charge in [0.15, 0.2) is 0 Å². The van der Waals surface area contributed by atoms with Crippen molar-refractivity contribution in [1.29, 1.82) is 0 Å². The molecule has 0 amide bonds. The van der Waals surface area contributed by atoms with Gasteiger partial charge < -0.3 is 9.47 Å². The second-order valence-electron chi connectivity index (χ2n) is 4.06. The van der Waals surface area contributed by atoms with Crippen LogP contribution in [-0.2, 0) is 9.47 Å². The van der Waals surface area contributed by atoms with Gasteiger partial charge >= 0.3 is 0 Å². The molecule has 92 valence electrons. The molecular formula is C13H28O2. The summed E-state index contributed by atoms with van der Waals surface area (Å²) in [6.45, 7) is 11.0. The third-order valence-corrected chi connectivity index (χ3v) is 2.77. The molecule has 0 heterocycles. The van der Waals surface area contributed by atoms with Crippen LogP contribution in [0.3, 0.4) is 0 Å². The minimum absolute atomic E-state index is 0.0768. The maximum absolute atomic E-state index is 5.98. The SMILES string of the molecule is CCCC(CCC)(CCOCC)OCC. The second kappa shape index (κ2) is 9.17. The standard InChI is InChI=1S/C13H28O2/c1-5-9-13(10-6-2,15-8-4)11-12-14-7-3/h5-12H2,1-4H3. The Balaban J connectivity index is 4.18. The zero-order valence-corrected chi connectivity index (χ0v) is 11.0. The van der Waals surface area contributed by atoms with E-state index in [1.807, 2.05) is 6.92 Å². The van der Waals surface area contributed by atoms with Crippen LogP contribution in [-0.4, -0.2) is 25.4 Å². The van der Waals surface area contributed by atoms with Gasteiger partial charge in [0, 0.05) is 19.8 Å². The van der Waals surface area contributed by atoms with Gasteiger partial charge in [0.2, 0.25) is 0 Å². The van der Waals surface area contributed by atoms with Gasteiger partial charge in [0.25, 0.3) is 0 Å². The van der Waals surface area contributed by atoms with Crippen molar-refractivity contribution in [1.82, 2.24) is 0 Å². The van der Waals surface area contributed by atoms with Crippen LogP contribution in [0.15, 0.2) is 0 Å². The van der Waals surface area contributed by atoms with Gasteiger partial charge in [0.1, 0.15) is 0 Å². The first-order chi connectivity index (χ1) is 7.24. The highest BCUT2D eigenvalue weighted by molar-refractivity contribution is 4.80. The summed E-state index contributed by atoms with van der Waals surface area (Å²) in [5.41, 5.74) is 0.0768. The fraction of sp³-hybridized carbons (Fsp3) is 1.00. The van der Waals surface area contributed by atoms with E-state index in [4.69, 9.17) is 9.47 Å². The highest BCUT2D eigenvalue weighted by Gasteiger charge is 2.28. The lowest BCUT2D eigenvalue weighted by atomic mass is 9.89. The van der Waals surface area contributed by atoms with Gasteiger partial charge in [-0.1, -0.05) is 26.7 Å². The van der Waals surface area contributed by atoms with Crippen molar-refractivity contribution in [2.24, 2.45) is 0 Å². The van der Waals surface area contributed by atoms with Crippen molar-refractivity contribution >= 4 is 0 Å². The Hall–Kier alpha value is -0.0800. The quantitative estimate of drug-likeness (QED) is 0.517. The van der Waals surface area contributed by atoms with Gasteiger partial charge in [-0.05, 0) is 33.1 Å². The number of rotatable bonds is 10. The minimum atomic E-state index is 0.0768. The maximum atomic E-state index is 5.98. The predicted octanol–water partition coefficient (Wildman–Crippen LogP) is 3.79. The Morgan fingerprint density at radius 3 is 1.80 bits per heavy atom. The van der Waals surface area contributed by atoms with Crippen LogP contribution in [0.4, 0.5) is 0 Å². The molecule has 2 nitrogen and oxygen atoms in total. The third kappa shape index (κ3) is 6.16. The minimum Gasteiger partial charge on any atom is -0.382 e. The van der Waals surface area contributed by atoms with Crippen molar-refractivity contribution in [2.45, 2.75) is 65.4 Å². The van der Waals surface area contributed by atoms with Crippen molar-refractivity contribution < 1.29 is 9.47 Å². The van der Waals surface area contributed by atoms with Crippen molar-refractivity contribution in [2.75, 3.05) is 19.8 Å². The highest BCUT2D eigenvalue weighted by Crippen LogP contribution is 2.28. The molecule has 0 aliphatic carbocycles. The summed E-state index contributed by atoms with van der Waals surface area (Å²) in [7, 11) is 0. The molecule has 0 rings (SSSR count). The first-order valence-electron chi connectivity index (χ1n) is 6.46. The van der Waals surface area contributed by atoms with E-state index in [0.29, 0.717) is 0 Å². The van der Waals surface area contributed by atoms with Crippen LogP contribution in [0.2, 0.25) is 0 Å². The third-order valence-electron chi connectivity index (χ3n) is 2.77. The van der Waals surface area contributed by atoms with E-state index in [-0.39, 0.29) is 5.60 Å². The van der Waals surface area contributed by atoms with E-state index in [2.05, 4.69) is 20.8 Å². The molecule has 0 N–H and O–H groups in total. The van der Waals surface area contributed by atoms with Gasteiger partial charge in [-0.25, -0.2) is 0 Å². The Bertz CT molecular complexity index is 117.